The van der Waals surface area contributed by atoms with Gasteiger partial charge in [0, 0.05) is 17.5 Å². The number of aliphatic carboxylic acids is 2. The van der Waals surface area contributed by atoms with Gasteiger partial charge in [0.05, 0.1) is 22.8 Å². The number of fused-ring (bicyclic) bond motifs is 8. The summed E-state index contributed by atoms with van der Waals surface area (Å²) in [5, 5.41) is 22.8. The SMILES string of the molecule is C=CC1=C(C)c2cc3[n-]c(cc4nc(cc5[n-]c(cc1n2)c(C)c5C=C)C(C)=C4CCC(=O)[O-])c(CCC(=O)[O-])c3C.[K+].[K+].[Mg+2]. The summed E-state index contributed by atoms with van der Waals surface area (Å²) in [7, 11) is 0. The average molecular weight is 661 g/mol. The number of hydrogen-bond donors (Lipinski definition) is 0. The molecule has 0 spiro atoms. The standard InChI is InChI=1S/C34H34N4O4.2K.Mg/c1-7-21-17(3)25-13-26-19(5)23(9-11-33(39)40)31(37-26)16-32-24(10-12-34(41)42)20(6)28(38-32)15-30-22(8-2)18(4)27(36-30)14-29(21)35-25;;;/h7-8,13-16H,1-2,9-12H2,3-6H3,(H4,35,36,37,38,39,40,41,42);;;/q;2*+1;+2/p-4. The van der Waals surface area contributed by atoms with Gasteiger partial charge in [0.2, 0.25) is 0 Å². The first-order valence-electron chi connectivity index (χ1n) is 13.7. The molecule has 8 nitrogen and oxygen atoms in total. The first kappa shape index (κ1) is 40.2. The Morgan fingerprint density at radius 3 is 1.84 bits per heavy atom. The predicted octanol–water partition coefficient (Wildman–Crippen LogP) is -2.28. The van der Waals surface area contributed by atoms with Crippen molar-refractivity contribution >= 4 is 85.4 Å². The van der Waals surface area contributed by atoms with E-state index < -0.39 is 11.9 Å². The minimum Gasteiger partial charge on any atom is -0.657 e. The van der Waals surface area contributed by atoms with Gasteiger partial charge in [-0.25, -0.2) is 9.97 Å². The monoisotopic (exact) mass is 660 g/mol. The van der Waals surface area contributed by atoms with Crippen molar-refractivity contribution in [2.75, 3.05) is 0 Å². The van der Waals surface area contributed by atoms with Gasteiger partial charge in [-0.05, 0) is 75.7 Å². The topological polar surface area (TPSA) is 134 Å². The second-order valence-corrected chi connectivity index (χ2v) is 10.5. The molecule has 3 aromatic heterocycles. The number of allylic oxidation sites excluding steroid dienone is 5. The number of rotatable bonds is 8. The van der Waals surface area contributed by atoms with Crippen LogP contribution in [0.3, 0.4) is 0 Å². The number of carbonyl (C=O) groups is 2. The summed E-state index contributed by atoms with van der Waals surface area (Å²) in [6, 6.07) is 7.52. The zero-order valence-corrected chi connectivity index (χ0v) is 34.5. The molecule has 3 aromatic rings. The van der Waals surface area contributed by atoms with Crippen molar-refractivity contribution in [1.29, 1.82) is 0 Å². The molecule has 8 bridgehead atoms. The van der Waals surface area contributed by atoms with Gasteiger partial charge in [-0.1, -0.05) is 66.3 Å². The van der Waals surface area contributed by atoms with Crippen LogP contribution in [0, 0.1) is 13.8 Å². The summed E-state index contributed by atoms with van der Waals surface area (Å²) in [6.45, 7) is 15.8. The summed E-state index contributed by atoms with van der Waals surface area (Å²) in [6.07, 6.45) is 3.65. The Balaban J connectivity index is 0.00000235. The van der Waals surface area contributed by atoms with Crippen molar-refractivity contribution in [1.82, 2.24) is 19.9 Å². The third-order valence-electron chi connectivity index (χ3n) is 8.04. The summed E-state index contributed by atoms with van der Waals surface area (Å²) < 4.78 is 0. The molecular weight excluding hydrogens is 631 g/mol. The third kappa shape index (κ3) is 8.38. The van der Waals surface area contributed by atoms with Gasteiger partial charge in [0.15, 0.2) is 0 Å². The van der Waals surface area contributed by atoms with Crippen LogP contribution in [0.1, 0.15) is 78.1 Å². The maximum atomic E-state index is 11.4. The van der Waals surface area contributed by atoms with Crippen LogP contribution in [-0.2, 0) is 16.0 Å². The summed E-state index contributed by atoms with van der Waals surface area (Å²) in [4.78, 5) is 42.4. The predicted molar refractivity (Wildman–Crippen MR) is 167 cm³/mol. The van der Waals surface area contributed by atoms with Gasteiger partial charge in [0.1, 0.15) is 0 Å². The van der Waals surface area contributed by atoms with Crippen molar-refractivity contribution in [3.05, 3.63) is 88.5 Å². The fourth-order valence-corrected chi connectivity index (χ4v) is 5.60. The molecule has 45 heavy (non-hydrogen) atoms. The Hall–Kier alpha value is -0.941. The van der Waals surface area contributed by atoms with E-state index in [0.717, 1.165) is 61.5 Å². The Morgan fingerprint density at radius 1 is 0.711 bits per heavy atom. The van der Waals surface area contributed by atoms with Crippen LogP contribution in [0.15, 0.2) is 43.5 Å². The van der Waals surface area contributed by atoms with E-state index in [0.29, 0.717) is 27.9 Å². The first-order valence-corrected chi connectivity index (χ1v) is 13.7. The quantitative estimate of drug-likeness (QED) is 0.247. The second kappa shape index (κ2) is 16.9. The van der Waals surface area contributed by atoms with Crippen LogP contribution >= 0.6 is 0 Å². The largest absolute Gasteiger partial charge is 2.00 e. The third-order valence-corrected chi connectivity index (χ3v) is 8.04. The van der Waals surface area contributed by atoms with Gasteiger partial charge in [-0.3, -0.25) is 0 Å². The molecule has 0 unspecified atom stereocenters. The fourth-order valence-electron chi connectivity index (χ4n) is 5.60. The van der Waals surface area contributed by atoms with Crippen LogP contribution in [0.4, 0.5) is 0 Å². The molecule has 0 saturated carbocycles. The van der Waals surface area contributed by atoms with E-state index in [4.69, 9.17) is 19.9 Å². The second-order valence-electron chi connectivity index (χ2n) is 10.5. The minimum absolute atomic E-state index is 0. The molecule has 0 amide bonds. The summed E-state index contributed by atoms with van der Waals surface area (Å²) in [5.41, 5.74) is 12.2. The molecular formula is C34H30K2MgN4O4. The normalized spacial score (nSPS) is 12.2. The van der Waals surface area contributed by atoms with E-state index >= 15 is 0 Å². The van der Waals surface area contributed by atoms with E-state index in [9.17, 15) is 19.8 Å². The van der Waals surface area contributed by atoms with Crippen molar-refractivity contribution in [3.8, 4) is 0 Å². The van der Waals surface area contributed by atoms with Gasteiger partial charge in [0.25, 0.3) is 0 Å². The number of carboxylic acid groups (broad SMARTS) is 2. The number of nitrogens with zero attached hydrogens (tertiary/aromatic N) is 4. The van der Waals surface area contributed by atoms with Crippen LogP contribution in [-0.4, -0.2) is 45.0 Å². The summed E-state index contributed by atoms with van der Waals surface area (Å²) in [5.74, 6) is -2.31. The van der Waals surface area contributed by atoms with E-state index in [1.165, 1.54) is 0 Å². The first-order chi connectivity index (χ1) is 20.0. The van der Waals surface area contributed by atoms with Crippen LogP contribution < -0.4 is 123 Å². The number of carboxylic acids is 2. The molecule has 0 saturated heterocycles. The Morgan fingerprint density at radius 2 is 1.22 bits per heavy atom. The molecule has 5 rings (SSSR count). The van der Waals surface area contributed by atoms with Gasteiger partial charge < -0.3 is 29.8 Å². The number of aromatic nitrogens is 4. The molecule has 11 heteroatoms. The average Bonchev–Trinajstić information content (AvgIpc) is 3.59. The minimum atomic E-state index is -1.16. The van der Waals surface area contributed by atoms with Gasteiger partial charge in [-0.15, -0.1) is 22.1 Å². The van der Waals surface area contributed by atoms with Crippen molar-refractivity contribution < 1.29 is 123 Å². The molecule has 0 atom stereocenters. The maximum Gasteiger partial charge on any atom is 2.00 e. The number of aryl methyl sites for hydroxylation is 3. The fraction of sp³-hybridized carbons (Fsp3) is 0.235. The van der Waals surface area contributed by atoms with Crippen LogP contribution in [0.2, 0.25) is 0 Å². The molecule has 2 aliphatic heterocycles. The molecule has 5 heterocycles. The van der Waals surface area contributed by atoms with Crippen molar-refractivity contribution in [2.45, 2.75) is 53.4 Å². The Labute approximate surface area is 364 Å². The zero-order valence-electron chi connectivity index (χ0n) is 26.8. The van der Waals surface area contributed by atoms with Gasteiger partial charge in [-0.2, -0.15) is 0 Å². The van der Waals surface area contributed by atoms with Crippen molar-refractivity contribution in [3.63, 3.8) is 0 Å². The number of carbonyl (C=O) groups excluding carboxylic acids is 2. The van der Waals surface area contributed by atoms with Crippen LogP contribution in [0.25, 0.3) is 50.4 Å². The van der Waals surface area contributed by atoms with Crippen LogP contribution in [0.5, 0.6) is 0 Å². The van der Waals surface area contributed by atoms with E-state index in [-0.39, 0.29) is 152 Å². The molecule has 0 radical (unpaired) electrons. The smallest absolute Gasteiger partial charge is 0.657 e. The van der Waals surface area contributed by atoms with E-state index in [1.54, 1.807) is 18.2 Å². The van der Waals surface area contributed by atoms with E-state index in [2.05, 4.69) is 13.2 Å². The molecule has 0 N–H and O–H groups in total. The molecule has 0 aromatic carbocycles. The van der Waals surface area contributed by atoms with Crippen molar-refractivity contribution in [2.24, 2.45) is 0 Å². The molecule has 2 aliphatic rings. The number of hydrogen-bond acceptors (Lipinski definition) is 6. The summed E-state index contributed by atoms with van der Waals surface area (Å²) >= 11 is 0. The van der Waals surface area contributed by atoms with E-state index in [1.807, 2.05) is 45.9 Å². The zero-order chi connectivity index (χ0) is 30.3. The molecule has 214 valence electrons. The van der Waals surface area contributed by atoms with Gasteiger partial charge >= 0.3 is 126 Å². The maximum absolute atomic E-state index is 11.4. The Kier molecular flexibility index (Phi) is 15.1. The Bertz CT molecular complexity index is 1940. The molecule has 0 fully saturated rings. The molecule has 0 aliphatic carbocycles.